The van der Waals surface area contributed by atoms with Crippen molar-refractivity contribution < 1.29 is 4.79 Å². The van der Waals surface area contributed by atoms with Crippen molar-refractivity contribution in [3.05, 3.63) is 46.4 Å². The molecule has 19 heavy (non-hydrogen) atoms. The fourth-order valence-electron chi connectivity index (χ4n) is 1.44. The quantitative estimate of drug-likeness (QED) is 0.755. The predicted molar refractivity (Wildman–Crippen MR) is 71.2 cm³/mol. The summed E-state index contributed by atoms with van der Waals surface area (Å²) in [6, 6.07) is 7.82. The molecule has 2 aromatic heterocycles. The smallest absolute Gasteiger partial charge is 0.275 e. The third-order valence-electron chi connectivity index (χ3n) is 2.26. The number of anilines is 2. The maximum Gasteiger partial charge on any atom is 0.275 e. The lowest BCUT2D eigenvalue weighted by molar-refractivity contribution is 0.102. The van der Waals surface area contributed by atoms with E-state index in [-0.39, 0.29) is 23.0 Å². The van der Waals surface area contributed by atoms with Gasteiger partial charge in [-0.1, -0.05) is 6.07 Å². The average Bonchev–Trinajstić information content (AvgIpc) is 2.42. The average molecular weight is 259 g/mol. The van der Waals surface area contributed by atoms with E-state index in [1.165, 1.54) is 12.1 Å². The summed E-state index contributed by atoms with van der Waals surface area (Å²) in [5.41, 5.74) is -0.0586. The van der Waals surface area contributed by atoms with Crippen molar-refractivity contribution in [2.24, 2.45) is 0 Å². The number of carbonyl (C=O) groups excluding carboxylic acids is 1. The maximum atomic E-state index is 11.9. The van der Waals surface area contributed by atoms with Gasteiger partial charge in [-0.3, -0.25) is 9.59 Å². The van der Waals surface area contributed by atoms with Crippen LogP contribution in [0.25, 0.3) is 0 Å². The highest BCUT2D eigenvalue weighted by atomic mass is 16.2. The molecule has 0 atom stereocenters. The maximum absolute atomic E-state index is 11.9. The molecule has 2 aromatic rings. The van der Waals surface area contributed by atoms with E-state index >= 15 is 0 Å². The minimum absolute atomic E-state index is 0.264. The van der Waals surface area contributed by atoms with E-state index in [9.17, 15) is 9.59 Å². The van der Waals surface area contributed by atoms with Gasteiger partial charge in [0.05, 0.1) is 0 Å². The Bertz CT molecular complexity index is 618. The molecule has 2 heterocycles. The zero-order valence-corrected chi connectivity index (χ0v) is 10.3. The molecule has 0 unspecified atom stereocenters. The predicted octanol–water partition coefficient (Wildman–Crippen LogP) is 0.849. The Morgan fingerprint density at radius 2 is 2.11 bits per heavy atom. The molecule has 0 saturated heterocycles. The number of hydrogen-bond acceptors (Lipinski definition) is 5. The summed E-state index contributed by atoms with van der Waals surface area (Å²) in [6.07, 6.45) is 0. The molecular weight excluding hydrogens is 246 g/mol. The summed E-state index contributed by atoms with van der Waals surface area (Å²) in [5.74, 6) is 0.504. The molecule has 0 spiro atoms. The van der Waals surface area contributed by atoms with Gasteiger partial charge in [0.25, 0.3) is 11.5 Å². The Hall–Kier alpha value is -2.70. The first kappa shape index (κ1) is 12.7. The van der Waals surface area contributed by atoms with Gasteiger partial charge in [0.15, 0.2) is 5.82 Å². The topological polar surface area (TPSA) is 99.8 Å². The van der Waals surface area contributed by atoms with Gasteiger partial charge in [-0.05, 0) is 25.1 Å². The summed E-state index contributed by atoms with van der Waals surface area (Å²) in [7, 11) is 0. The second-order valence-electron chi connectivity index (χ2n) is 3.70. The normalized spacial score (nSPS) is 9.95. The van der Waals surface area contributed by atoms with E-state index in [0.717, 1.165) is 6.54 Å². The molecule has 1 amide bonds. The van der Waals surface area contributed by atoms with Crippen LogP contribution in [0, 0.1) is 0 Å². The summed E-state index contributed by atoms with van der Waals surface area (Å²) in [6.45, 7) is 2.66. The van der Waals surface area contributed by atoms with Crippen LogP contribution in [0.15, 0.2) is 35.1 Å². The fraction of sp³-hybridized carbons (Fsp3) is 0.167. The summed E-state index contributed by atoms with van der Waals surface area (Å²) < 4.78 is 0. The van der Waals surface area contributed by atoms with E-state index in [0.29, 0.717) is 5.82 Å². The minimum atomic E-state index is -0.390. The highest BCUT2D eigenvalue weighted by molar-refractivity contribution is 6.02. The van der Waals surface area contributed by atoms with Crippen LogP contribution in [-0.4, -0.2) is 27.6 Å². The molecule has 0 fully saturated rings. The van der Waals surface area contributed by atoms with Gasteiger partial charge in [0, 0.05) is 12.6 Å². The number of amides is 1. The van der Waals surface area contributed by atoms with E-state index in [1.807, 2.05) is 6.92 Å². The Kier molecular flexibility index (Phi) is 3.87. The Balaban J connectivity index is 2.13. The second kappa shape index (κ2) is 5.76. The van der Waals surface area contributed by atoms with Crippen LogP contribution in [0.5, 0.6) is 0 Å². The first-order chi connectivity index (χ1) is 9.19. The van der Waals surface area contributed by atoms with Gasteiger partial charge in [-0.25, -0.2) is 10.1 Å². The highest BCUT2D eigenvalue weighted by Crippen LogP contribution is 2.06. The lowest BCUT2D eigenvalue weighted by Crippen LogP contribution is -2.17. The SMILES string of the molecule is CCNc1cccc(C(=O)Nc2ccc(=O)[nH]n2)n1. The van der Waals surface area contributed by atoms with E-state index < -0.39 is 0 Å². The van der Waals surface area contributed by atoms with Crippen molar-refractivity contribution in [2.75, 3.05) is 17.2 Å². The molecular formula is C12H13N5O2. The molecule has 0 radical (unpaired) electrons. The third-order valence-corrected chi connectivity index (χ3v) is 2.26. The molecule has 0 aliphatic rings. The van der Waals surface area contributed by atoms with Crippen LogP contribution >= 0.6 is 0 Å². The number of aromatic amines is 1. The fourth-order valence-corrected chi connectivity index (χ4v) is 1.44. The van der Waals surface area contributed by atoms with E-state index in [1.54, 1.807) is 18.2 Å². The molecule has 0 aliphatic carbocycles. The number of H-pyrrole nitrogens is 1. The number of nitrogens with one attached hydrogen (secondary N) is 3. The summed E-state index contributed by atoms with van der Waals surface area (Å²) >= 11 is 0. The molecule has 0 aromatic carbocycles. The standard InChI is InChI=1S/C12H13N5O2/c1-2-13-9-5-3-4-8(14-9)12(19)15-10-6-7-11(18)17-16-10/h3-7H,2H2,1H3,(H,13,14)(H,17,18)(H,15,16,19). The first-order valence-corrected chi connectivity index (χ1v) is 5.77. The molecule has 7 nitrogen and oxygen atoms in total. The molecule has 0 bridgehead atoms. The number of nitrogens with zero attached hydrogens (tertiary/aromatic N) is 2. The molecule has 0 aliphatic heterocycles. The van der Waals surface area contributed by atoms with Crippen molar-refractivity contribution in [1.82, 2.24) is 15.2 Å². The van der Waals surface area contributed by atoms with Crippen molar-refractivity contribution in [1.29, 1.82) is 0 Å². The van der Waals surface area contributed by atoms with Crippen LogP contribution in [0.1, 0.15) is 17.4 Å². The summed E-state index contributed by atoms with van der Waals surface area (Å²) in [5, 5.41) is 11.5. The number of pyridine rings is 1. The van der Waals surface area contributed by atoms with E-state index in [2.05, 4.69) is 25.8 Å². The van der Waals surface area contributed by atoms with Crippen LogP contribution in [0.2, 0.25) is 0 Å². The summed E-state index contributed by atoms with van der Waals surface area (Å²) in [4.78, 5) is 26.9. The zero-order chi connectivity index (χ0) is 13.7. The van der Waals surface area contributed by atoms with Crippen LogP contribution in [0.4, 0.5) is 11.6 Å². The third kappa shape index (κ3) is 3.38. The van der Waals surface area contributed by atoms with Gasteiger partial charge in [0.1, 0.15) is 11.5 Å². The Morgan fingerprint density at radius 1 is 1.26 bits per heavy atom. The zero-order valence-electron chi connectivity index (χ0n) is 10.3. The highest BCUT2D eigenvalue weighted by Gasteiger charge is 2.08. The molecule has 3 N–H and O–H groups in total. The Labute approximate surface area is 109 Å². The van der Waals surface area contributed by atoms with Crippen molar-refractivity contribution in [2.45, 2.75) is 6.92 Å². The minimum Gasteiger partial charge on any atom is -0.370 e. The number of rotatable bonds is 4. The molecule has 0 saturated carbocycles. The van der Waals surface area contributed by atoms with Crippen LogP contribution < -0.4 is 16.2 Å². The molecule has 2 rings (SSSR count). The monoisotopic (exact) mass is 259 g/mol. The van der Waals surface area contributed by atoms with Crippen molar-refractivity contribution >= 4 is 17.5 Å². The van der Waals surface area contributed by atoms with Gasteiger partial charge in [0.2, 0.25) is 0 Å². The first-order valence-electron chi connectivity index (χ1n) is 5.77. The van der Waals surface area contributed by atoms with Crippen LogP contribution in [0.3, 0.4) is 0 Å². The number of aromatic nitrogens is 3. The van der Waals surface area contributed by atoms with Crippen molar-refractivity contribution in [3.63, 3.8) is 0 Å². The molecule has 7 heteroatoms. The van der Waals surface area contributed by atoms with Gasteiger partial charge in [-0.2, -0.15) is 5.10 Å². The lowest BCUT2D eigenvalue weighted by atomic mass is 10.3. The largest absolute Gasteiger partial charge is 0.370 e. The van der Waals surface area contributed by atoms with Crippen molar-refractivity contribution in [3.8, 4) is 0 Å². The van der Waals surface area contributed by atoms with Gasteiger partial charge in [-0.15, -0.1) is 0 Å². The second-order valence-corrected chi connectivity index (χ2v) is 3.70. The van der Waals surface area contributed by atoms with Crippen LogP contribution in [-0.2, 0) is 0 Å². The van der Waals surface area contributed by atoms with Gasteiger partial charge < -0.3 is 10.6 Å². The number of carbonyl (C=O) groups is 1. The Morgan fingerprint density at radius 3 is 2.79 bits per heavy atom. The van der Waals surface area contributed by atoms with Gasteiger partial charge >= 0.3 is 0 Å². The number of hydrogen-bond donors (Lipinski definition) is 3. The lowest BCUT2D eigenvalue weighted by Gasteiger charge is -2.05. The van der Waals surface area contributed by atoms with E-state index in [4.69, 9.17) is 0 Å². The molecule has 98 valence electrons.